The zero-order chi connectivity index (χ0) is 14.4. The molecule has 1 aromatic rings. The third kappa shape index (κ3) is 2.20. The van der Waals surface area contributed by atoms with Crippen LogP contribution >= 0.6 is 0 Å². The number of rotatable bonds is 4. The lowest BCUT2D eigenvalue weighted by molar-refractivity contribution is -0.00204. The van der Waals surface area contributed by atoms with Crippen molar-refractivity contribution in [1.82, 2.24) is 20.3 Å². The van der Waals surface area contributed by atoms with Gasteiger partial charge in [0.05, 0.1) is 18.2 Å². The number of nitrogens with one attached hydrogen (secondary N) is 1. The van der Waals surface area contributed by atoms with E-state index in [1.807, 2.05) is 22.9 Å². The third-order valence-electron chi connectivity index (χ3n) is 4.78. The Bertz CT molecular complexity index is 542. The van der Waals surface area contributed by atoms with Crippen molar-refractivity contribution < 1.29 is 14.1 Å². The molecular weight excluding hydrogens is 272 g/mol. The zero-order valence-electron chi connectivity index (χ0n) is 12.1. The van der Waals surface area contributed by atoms with Gasteiger partial charge in [-0.2, -0.15) is 0 Å². The summed E-state index contributed by atoms with van der Waals surface area (Å²) in [6.07, 6.45) is 2.25. The smallest absolute Gasteiger partial charge is 0.320 e. The molecule has 0 aromatic carbocycles. The topological polar surface area (TPSA) is 70.8 Å². The minimum atomic E-state index is 0.0431. The average molecular weight is 292 g/mol. The molecule has 0 unspecified atom stereocenters. The van der Waals surface area contributed by atoms with E-state index in [-0.39, 0.29) is 18.2 Å². The van der Waals surface area contributed by atoms with Crippen LogP contribution in [0.25, 0.3) is 0 Å². The number of urea groups is 1. The Balaban J connectivity index is 1.44. The molecule has 4 rings (SSSR count). The second-order valence-electron chi connectivity index (χ2n) is 6.10. The molecule has 2 amide bonds. The van der Waals surface area contributed by atoms with Crippen LogP contribution in [0.4, 0.5) is 4.79 Å². The van der Waals surface area contributed by atoms with E-state index in [0.29, 0.717) is 12.6 Å². The van der Waals surface area contributed by atoms with Crippen molar-refractivity contribution in [3.8, 4) is 0 Å². The fourth-order valence-corrected chi connectivity index (χ4v) is 3.28. The van der Waals surface area contributed by atoms with Crippen LogP contribution in [0.1, 0.15) is 30.3 Å². The molecule has 3 fully saturated rings. The molecule has 1 N–H and O–H groups in total. The van der Waals surface area contributed by atoms with E-state index < -0.39 is 0 Å². The fraction of sp³-hybridized carbons (Fsp3) is 0.714. The Labute approximate surface area is 123 Å². The van der Waals surface area contributed by atoms with Gasteiger partial charge in [0.15, 0.2) is 5.76 Å². The number of nitrogens with zero attached hydrogens (tertiary/aromatic N) is 3. The van der Waals surface area contributed by atoms with E-state index >= 15 is 0 Å². The first-order valence-corrected chi connectivity index (χ1v) is 7.53. The number of amides is 2. The van der Waals surface area contributed by atoms with Gasteiger partial charge < -0.3 is 24.4 Å². The van der Waals surface area contributed by atoms with Gasteiger partial charge in [0, 0.05) is 32.7 Å². The van der Waals surface area contributed by atoms with Gasteiger partial charge in [-0.1, -0.05) is 5.16 Å². The van der Waals surface area contributed by atoms with E-state index in [4.69, 9.17) is 9.26 Å². The number of fused-ring (bicyclic) bond motifs is 2. The van der Waals surface area contributed by atoms with Gasteiger partial charge in [0.25, 0.3) is 0 Å². The lowest BCUT2D eigenvalue weighted by Gasteiger charge is -2.28. The van der Waals surface area contributed by atoms with Crippen LogP contribution < -0.4 is 5.32 Å². The van der Waals surface area contributed by atoms with Crippen LogP contribution in [-0.4, -0.2) is 59.8 Å². The summed E-state index contributed by atoms with van der Waals surface area (Å²) in [5, 5.41) is 7.32. The maximum Gasteiger partial charge on any atom is 0.320 e. The number of piperidine rings is 1. The molecule has 4 heterocycles. The summed E-state index contributed by atoms with van der Waals surface area (Å²) in [5.41, 5.74) is 0.849. The van der Waals surface area contributed by atoms with E-state index in [1.165, 1.54) is 0 Å². The van der Waals surface area contributed by atoms with Crippen molar-refractivity contribution >= 4 is 6.03 Å². The number of hydrogen-bond donors (Lipinski definition) is 1. The molecule has 1 aromatic heterocycles. The van der Waals surface area contributed by atoms with Gasteiger partial charge in [-0.25, -0.2) is 4.79 Å². The van der Waals surface area contributed by atoms with Crippen LogP contribution in [-0.2, 0) is 11.3 Å². The molecule has 21 heavy (non-hydrogen) atoms. The molecule has 3 saturated heterocycles. The molecule has 7 heteroatoms. The molecule has 0 saturated carbocycles. The van der Waals surface area contributed by atoms with Crippen molar-refractivity contribution in [3.63, 3.8) is 0 Å². The first kappa shape index (κ1) is 13.1. The number of hydrogen-bond acceptors (Lipinski definition) is 5. The third-order valence-corrected chi connectivity index (χ3v) is 4.78. The summed E-state index contributed by atoms with van der Waals surface area (Å²) in [6, 6.07) is 2.43. The molecule has 0 radical (unpaired) electrons. The lowest BCUT2D eigenvalue weighted by Crippen LogP contribution is -2.48. The summed E-state index contributed by atoms with van der Waals surface area (Å²) < 4.78 is 11.0. The van der Waals surface area contributed by atoms with Crippen LogP contribution in [0, 0.1) is 0 Å². The Morgan fingerprint density at radius 3 is 3.10 bits per heavy atom. The average Bonchev–Trinajstić information content (AvgIpc) is 2.99. The van der Waals surface area contributed by atoms with E-state index in [9.17, 15) is 4.79 Å². The lowest BCUT2D eigenvalue weighted by atomic mass is 9.98. The molecule has 114 valence electrons. The molecule has 2 bridgehead atoms. The van der Waals surface area contributed by atoms with Gasteiger partial charge in [-0.3, -0.25) is 0 Å². The minimum absolute atomic E-state index is 0.0431. The minimum Gasteiger partial charge on any atom is -0.368 e. The van der Waals surface area contributed by atoms with E-state index in [0.717, 1.165) is 43.9 Å². The van der Waals surface area contributed by atoms with Crippen molar-refractivity contribution in [1.29, 1.82) is 0 Å². The Hall–Kier alpha value is -1.60. The highest BCUT2D eigenvalue weighted by Crippen LogP contribution is 2.37. The molecule has 3 aliphatic heterocycles. The van der Waals surface area contributed by atoms with Crippen LogP contribution in [0.5, 0.6) is 0 Å². The zero-order valence-corrected chi connectivity index (χ0v) is 12.1. The molecular formula is C14H20N4O3. The molecule has 7 nitrogen and oxygen atoms in total. The van der Waals surface area contributed by atoms with E-state index in [1.54, 1.807) is 0 Å². The summed E-state index contributed by atoms with van der Waals surface area (Å²) in [4.78, 5) is 16.0. The Morgan fingerprint density at radius 1 is 1.48 bits per heavy atom. The number of aromatic nitrogens is 1. The molecule has 2 atom stereocenters. The van der Waals surface area contributed by atoms with Crippen LogP contribution in [0.2, 0.25) is 0 Å². The monoisotopic (exact) mass is 292 g/mol. The van der Waals surface area contributed by atoms with Gasteiger partial charge in [-0.05, 0) is 12.8 Å². The van der Waals surface area contributed by atoms with Crippen molar-refractivity contribution in [2.24, 2.45) is 0 Å². The van der Waals surface area contributed by atoms with Gasteiger partial charge in [-0.15, -0.1) is 0 Å². The summed E-state index contributed by atoms with van der Waals surface area (Å²) in [7, 11) is 1.88. The predicted octanol–water partition coefficient (Wildman–Crippen LogP) is 0.734. The SMILES string of the molecule is CN1C(=O)N2C[C@H]1CC[C@H]2c1cc(COC2CNC2)on1. The second kappa shape index (κ2) is 4.99. The second-order valence-corrected chi connectivity index (χ2v) is 6.10. The standard InChI is InChI=1S/C14H20N4O3/c1-17-9-2-3-13(18(7-9)14(17)19)12-4-10(21-16-12)8-20-11-5-15-6-11/h4,9,11,13,15H,2-3,5-8H2,1H3/t9-,13+/m1/s1. The fourth-order valence-electron chi connectivity index (χ4n) is 3.28. The van der Waals surface area contributed by atoms with Crippen molar-refractivity contribution in [2.45, 2.75) is 37.6 Å². The van der Waals surface area contributed by atoms with Crippen LogP contribution in [0.15, 0.2) is 10.6 Å². The number of likely N-dealkylation sites (N-methyl/N-ethyl adjacent to an activating group) is 1. The highest BCUT2D eigenvalue weighted by Gasteiger charge is 2.44. The quantitative estimate of drug-likeness (QED) is 0.886. The normalized spacial score (nSPS) is 29.1. The highest BCUT2D eigenvalue weighted by molar-refractivity contribution is 5.77. The largest absolute Gasteiger partial charge is 0.368 e. The summed E-state index contributed by atoms with van der Waals surface area (Å²) in [5.74, 6) is 0.735. The van der Waals surface area contributed by atoms with Gasteiger partial charge in [0.1, 0.15) is 12.3 Å². The van der Waals surface area contributed by atoms with Gasteiger partial charge in [0.2, 0.25) is 0 Å². The molecule has 0 spiro atoms. The molecule has 0 aliphatic carbocycles. The summed E-state index contributed by atoms with van der Waals surface area (Å²) in [6.45, 7) is 3.05. The number of carbonyl (C=O) groups is 1. The van der Waals surface area contributed by atoms with Crippen molar-refractivity contribution in [2.75, 3.05) is 26.7 Å². The van der Waals surface area contributed by atoms with Crippen molar-refractivity contribution in [3.05, 3.63) is 17.5 Å². The Kier molecular flexibility index (Phi) is 3.11. The first-order chi connectivity index (χ1) is 10.2. The van der Waals surface area contributed by atoms with E-state index in [2.05, 4.69) is 10.5 Å². The first-order valence-electron chi connectivity index (χ1n) is 7.53. The maximum absolute atomic E-state index is 12.2. The predicted molar refractivity (Wildman–Crippen MR) is 73.6 cm³/mol. The highest BCUT2D eigenvalue weighted by atomic mass is 16.5. The summed E-state index contributed by atoms with van der Waals surface area (Å²) >= 11 is 0. The van der Waals surface area contributed by atoms with Crippen LogP contribution in [0.3, 0.4) is 0 Å². The van der Waals surface area contributed by atoms with Gasteiger partial charge >= 0.3 is 6.03 Å². The number of carbonyl (C=O) groups excluding carboxylic acids is 1. The Morgan fingerprint density at radius 2 is 2.33 bits per heavy atom. The maximum atomic E-state index is 12.2. The number of ether oxygens (including phenoxy) is 1. The molecule has 3 aliphatic rings.